The Balaban J connectivity index is 2.02. The van der Waals surface area contributed by atoms with Gasteiger partial charge in [0.2, 0.25) is 0 Å². The average Bonchev–Trinajstić information content (AvgIpc) is 3.10. The maximum Gasteiger partial charge on any atom is 0.193 e. The number of para-hydroxylation sites is 1. The van der Waals surface area contributed by atoms with E-state index >= 15 is 0 Å². The van der Waals surface area contributed by atoms with Crippen LogP contribution in [-0.4, -0.2) is 14.5 Å². The van der Waals surface area contributed by atoms with Crippen molar-refractivity contribution < 1.29 is 0 Å². The van der Waals surface area contributed by atoms with Crippen molar-refractivity contribution in [1.82, 2.24) is 14.5 Å². The summed E-state index contributed by atoms with van der Waals surface area (Å²) >= 11 is 1.62. The second-order valence-electron chi connectivity index (χ2n) is 5.08. The van der Waals surface area contributed by atoms with Crippen molar-refractivity contribution in [2.24, 2.45) is 7.05 Å². The average molecular weight is 295 g/mol. The first-order chi connectivity index (χ1) is 10.3. The van der Waals surface area contributed by atoms with E-state index in [0.717, 1.165) is 32.4 Å². The highest BCUT2D eigenvalue weighted by atomic mass is 32.1. The SMILES string of the molecule is Cn1c2ccccc2c2c(=O)c(Cc3c[nH]cn3)csc21. The van der Waals surface area contributed by atoms with Crippen LogP contribution in [0.25, 0.3) is 21.1 Å². The highest BCUT2D eigenvalue weighted by Gasteiger charge is 2.14. The lowest BCUT2D eigenvalue weighted by Gasteiger charge is -1.99. The van der Waals surface area contributed by atoms with Crippen molar-refractivity contribution in [3.63, 3.8) is 0 Å². The van der Waals surface area contributed by atoms with Gasteiger partial charge in [0.1, 0.15) is 4.83 Å². The molecule has 1 aromatic carbocycles. The van der Waals surface area contributed by atoms with Crippen LogP contribution >= 0.6 is 11.3 Å². The Hall–Kier alpha value is -2.40. The topological polar surface area (TPSA) is 50.7 Å². The summed E-state index contributed by atoms with van der Waals surface area (Å²) in [6.07, 6.45) is 4.04. The number of nitrogens with zero attached hydrogens (tertiary/aromatic N) is 2. The van der Waals surface area contributed by atoms with Crippen LogP contribution < -0.4 is 5.43 Å². The fraction of sp³-hybridized carbons (Fsp3) is 0.125. The molecule has 21 heavy (non-hydrogen) atoms. The van der Waals surface area contributed by atoms with Crippen molar-refractivity contribution in [2.45, 2.75) is 6.42 Å². The molecule has 0 radical (unpaired) electrons. The second kappa shape index (κ2) is 4.56. The molecule has 1 N–H and O–H groups in total. The molecule has 4 nitrogen and oxygen atoms in total. The minimum atomic E-state index is 0.114. The summed E-state index contributed by atoms with van der Waals surface area (Å²) in [6, 6.07) is 8.05. The van der Waals surface area contributed by atoms with Crippen LogP contribution in [0.15, 0.2) is 47.0 Å². The Labute approximate surface area is 124 Å². The monoisotopic (exact) mass is 295 g/mol. The molecule has 4 rings (SSSR count). The number of aromatic nitrogens is 3. The Bertz CT molecular complexity index is 996. The largest absolute Gasteiger partial charge is 0.351 e. The molecule has 3 heterocycles. The smallest absolute Gasteiger partial charge is 0.193 e. The molecule has 104 valence electrons. The zero-order chi connectivity index (χ0) is 14.4. The molecule has 0 spiro atoms. The van der Waals surface area contributed by atoms with E-state index in [-0.39, 0.29) is 5.43 Å². The minimum Gasteiger partial charge on any atom is -0.351 e. The Morgan fingerprint density at radius 2 is 2.19 bits per heavy atom. The molecule has 0 aliphatic rings. The molecule has 3 aromatic heterocycles. The van der Waals surface area contributed by atoms with Crippen LogP contribution in [0.3, 0.4) is 0 Å². The van der Waals surface area contributed by atoms with Gasteiger partial charge < -0.3 is 9.55 Å². The first-order valence-corrected chi connectivity index (χ1v) is 7.59. The van der Waals surface area contributed by atoms with Crippen LogP contribution in [-0.2, 0) is 13.5 Å². The van der Waals surface area contributed by atoms with Crippen LogP contribution in [0.4, 0.5) is 0 Å². The predicted molar refractivity (Wildman–Crippen MR) is 86.0 cm³/mol. The van der Waals surface area contributed by atoms with E-state index in [4.69, 9.17) is 0 Å². The summed E-state index contributed by atoms with van der Waals surface area (Å²) in [5.41, 5.74) is 2.90. The number of aryl methyl sites for hydroxylation is 1. The lowest BCUT2D eigenvalue weighted by Crippen LogP contribution is -2.08. The molecule has 0 fully saturated rings. The third-order valence-corrected chi connectivity index (χ3v) is 4.91. The molecule has 0 saturated carbocycles. The number of aromatic amines is 1. The van der Waals surface area contributed by atoms with E-state index in [1.54, 1.807) is 17.7 Å². The van der Waals surface area contributed by atoms with Gasteiger partial charge >= 0.3 is 0 Å². The number of rotatable bonds is 2. The van der Waals surface area contributed by atoms with Crippen molar-refractivity contribution in [3.05, 3.63) is 63.7 Å². The van der Waals surface area contributed by atoms with Gasteiger partial charge in [0.05, 0.1) is 17.4 Å². The van der Waals surface area contributed by atoms with E-state index in [2.05, 4.69) is 20.6 Å². The number of H-pyrrole nitrogens is 1. The number of benzene rings is 1. The number of fused-ring (bicyclic) bond motifs is 3. The summed E-state index contributed by atoms with van der Waals surface area (Å²) in [4.78, 5) is 21.0. The third-order valence-electron chi connectivity index (χ3n) is 3.81. The van der Waals surface area contributed by atoms with Gasteiger partial charge in [-0.1, -0.05) is 18.2 Å². The second-order valence-corrected chi connectivity index (χ2v) is 5.94. The van der Waals surface area contributed by atoms with Gasteiger partial charge in [-0.3, -0.25) is 4.79 Å². The Kier molecular flexibility index (Phi) is 2.68. The maximum absolute atomic E-state index is 12.8. The van der Waals surface area contributed by atoms with E-state index in [9.17, 15) is 4.79 Å². The molecule has 0 aliphatic carbocycles. The lowest BCUT2D eigenvalue weighted by molar-refractivity contribution is 1.02. The molecule has 5 heteroatoms. The summed E-state index contributed by atoms with van der Waals surface area (Å²) in [5.74, 6) is 0. The van der Waals surface area contributed by atoms with Crippen LogP contribution in [0, 0.1) is 0 Å². The van der Waals surface area contributed by atoms with E-state index in [0.29, 0.717) is 6.42 Å². The summed E-state index contributed by atoms with van der Waals surface area (Å²) in [6.45, 7) is 0. The highest BCUT2D eigenvalue weighted by molar-refractivity contribution is 7.16. The summed E-state index contributed by atoms with van der Waals surface area (Å²) < 4.78 is 2.09. The first-order valence-electron chi connectivity index (χ1n) is 6.71. The van der Waals surface area contributed by atoms with Gasteiger partial charge in [-0.25, -0.2) is 4.98 Å². The summed E-state index contributed by atoms with van der Waals surface area (Å²) in [7, 11) is 2.01. The lowest BCUT2D eigenvalue weighted by atomic mass is 10.1. The Morgan fingerprint density at radius 1 is 1.33 bits per heavy atom. The summed E-state index contributed by atoms with van der Waals surface area (Å²) in [5, 5.41) is 3.81. The highest BCUT2D eigenvalue weighted by Crippen LogP contribution is 2.28. The fourth-order valence-corrected chi connectivity index (χ4v) is 3.79. The first kappa shape index (κ1) is 12.3. The van der Waals surface area contributed by atoms with Crippen LogP contribution in [0.2, 0.25) is 0 Å². The van der Waals surface area contributed by atoms with Gasteiger partial charge in [0.25, 0.3) is 0 Å². The van der Waals surface area contributed by atoms with Crippen molar-refractivity contribution in [3.8, 4) is 0 Å². The van der Waals surface area contributed by atoms with Crippen LogP contribution in [0.5, 0.6) is 0 Å². The number of hydrogen-bond donors (Lipinski definition) is 1. The maximum atomic E-state index is 12.8. The van der Waals surface area contributed by atoms with Crippen molar-refractivity contribution in [1.29, 1.82) is 0 Å². The van der Waals surface area contributed by atoms with E-state index < -0.39 is 0 Å². The molecule has 0 amide bonds. The molecule has 0 atom stereocenters. The molecule has 0 unspecified atom stereocenters. The third kappa shape index (κ3) is 1.81. The predicted octanol–water partition coefficient (Wildman–Crippen LogP) is 3.07. The van der Waals surface area contributed by atoms with Crippen LogP contribution in [0.1, 0.15) is 11.3 Å². The standard InChI is InChI=1S/C16H13N3OS/c1-19-13-5-3-2-4-12(13)14-15(20)10(8-21-16(14)19)6-11-7-17-9-18-11/h2-5,7-9H,6H2,1H3,(H,17,18). The number of imidazole rings is 1. The molecular formula is C16H13N3OS. The van der Waals surface area contributed by atoms with Gasteiger partial charge in [-0.05, 0) is 6.07 Å². The van der Waals surface area contributed by atoms with Crippen molar-refractivity contribution in [2.75, 3.05) is 0 Å². The van der Waals surface area contributed by atoms with Gasteiger partial charge in [-0.2, -0.15) is 0 Å². The number of hydrogen-bond acceptors (Lipinski definition) is 3. The minimum absolute atomic E-state index is 0.114. The van der Waals surface area contributed by atoms with Crippen molar-refractivity contribution >= 4 is 32.5 Å². The van der Waals surface area contributed by atoms with E-state index in [1.807, 2.05) is 36.8 Å². The van der Waals surface area contributed by atoms with E-state index in [1.165, 1.54) is 0 Å². The van der Waals surface area contributed by atoms with Gasteiger partial charge in [0.15, 0.2) is 5.43 Å². The normalized spacial score (nSPS) is 11.5. The zero-order valence-electron chi connectivity index (χ0n) is 11.5. The fourth-order valence-electron chi connectivity index (χ4n) is 2.77. The molecular weight excluding hydrogens is 282 g/mol. The molecule has 0 aliphatic heterocycles. The zero-order valence-corrected chi connectivity index (χ0v) is 12.3. The van der Waals surface area contributed by atoms with Gasteiger partial charge in [-0.15, -0.1) is 11.3 Å². The van der Waals surface area contributed by atoms with Gasteiger partial charge in [0, 0.05) is 41.5 Å². The molecule has 0 bridgehead atoms. The molecule has 0 saturated heterocycles. The number of nitrogens with one attached hydrogen (secondary N) is 1. The quantitative estimate of drug-likeness (QED) is 0.618. The molecule has 4 aromatic rings. The Morgan fingerprint density at radius 3 is 3.00 bits per heavy atom.